The molecular formula is C12H13BrF3NOS. The lowest BCUT2D eigenvalue weighted by Gasteiger charge is -2.13. The number of nitrogens with zero attached hydrogens (tertiary/aromatic N) is 1. The quantitative estimate of drug-likeness (QED) is 0.725. The molecule has 2 nitrogen and oxygen atoms in total. The molecule has 1 atom stereocenters. The van der Waals surface area contributed by atoms with Crippen molar-refractivity contribution in [1.29, 1.82) is 0 Å². The minimum absolute atomic E-state index is 0.0332. The van der Waals surface area contributed by atoms with E-state index in [0.29, 0.717) is 0 Å². The van der Waals surface area contributed by atoms with E-state index in [-0.39, 0.29) is 10.0 Å². The van der Waals surface area contributed by atoms with Crippen LogP contribution in [-0.4, -0.2) is 15.2 Å². The van der Waals surface area contributed by atoms with Crippen molar-refractivity contribution in [3.05, 3.63) is 33.8 Å². The van der Waals surface area contributed by atoms with Gasteiger partial charge in [0.15, 0.2) is 0 Å². The van der Waals surface area contributed by atoms with Crippen LogP contribution in [0.5, 0.6) is 0 Å². The lowest BCUT2D eigenvalue weighted by Crippen LogP contribution is -2.19. The Balaban J connectivity index is 3.05. The number of hydrogen-bond acceptors (Lipinski definition) is 1. The highest BCUT2D eigenvalue weighted by Gasteiger charge is 2.33. The number of hydrogen-bond donors (Lipinski definition) is 0. The molecular weight excluding hydrogens is 343 g/mol. The van der Waals surface area contributed by atoms with Gasteiger partial charge in [-0.05, 0) is 38.5 Å². The van der Waals surface area contributed by atoms with Crippen LogP contribution < -0.4 is 0 Å². The molecule has 0 bridgehead atoms. The van der Waals surface area contributed by atoms with Crippen LogP contribution >= 0.6 is 15.9 Å². The second-order valence-electron chi connectivity index (χ2n) is 4.83. The molecule has 0 fully saturated rings. The molecule has 0 aliphatic rings. The molecule has 0 N–H and O–H groups in total. The van der Waals surface area contributed by atoms with E-state index in [2.05, 4.69) is 20.3 Å². The van der Waals surface area contributed by atoms with Crippen molar-refractivity contribution in [1.82, 2.24) is 0 Å². The summed E-state index contributed by atoms with van der Waals surface area (Å²) in [6, 6.07) is 3.74. The molecule has 1 rings (SSSR count). The van der Waals surface area contributed by atoms with Gasteiger partial charge in [-0.15, -0.1) is 0 Å². The fraction of sp³-hybridized carbons (Fsp3) is 0.417. The van der Waals surface area contributed by atoms with Gasteiger partial charge in [0.2, 0.25) is 0 Å². The molecule has 1 aromatic rings. The van der Waals surface area contributed by atoms with E-state index in [9.17, 15) is 17.4 Å². The molecule has 7 heteroatoms. The lowest BCUT2D eigenvalue weighted by molar-refractivity contribution is -0.138. The first kappa shape index (κ1) is 16.4. The molecule has 1 aromatic carbocycles. The van der Waals surface area contributed by atoms with Gasteiger partial charge < -0.3 is 0 Å². The van der Waals surface area contributed by atoms with Crippen LogP contribution in [0.25, 0.3) is 0 Å². The van der Waals surface area contributed by atoms with Gasteiger partial charge >= 0.3 is 6.18 Å². The van der Waals surface area contributed by atoms with Gasteiger partial charge in [0.25, 0.3) is 0 Å². The fourth-order valence-corrected chi connectivity index (χ4v) is 2.11. The van der Waals surface area contributed by atoms with Crippen LogP contribution in [0.15, 0.2) is 27.1 Å². The van der Waals surface area contributed by atoms with E-state index in [0.717, 1.165) is 6.07 Å². The predicted octanol–water partition coefficient (Wildman–Crippen LogP) is 4.35. The number of benzene rings is 1. The first-order valence-corrected chi connectivity index (χ1v) is 7.24. The second kappa shape index (κ2) is 5.75. The molecule has 0 saturated carbocycles. The van der Waals surface area contributed by atoms with Crippen LogP contribution in [-0.2, 0) is 17.2 Å². The summed E-state index contributed by atoms with van der Waals surface area (Å²) < 4.78 is 52.9. The van der Waals surface area contributed by atoms with Crippen LogP contribution in [0.3, 0.4) is 0 Å². The zero-order valence-electron chi connectivity index (χ0n) is 10.6. The first-order valence-electron chi connectivity index (χ1n) is 5.34. The Morgan fingerprint density at radius 3 is 2.32 bits per heavy atom. The van der Waals surface area contributed by atoms with E-state index in [1.807, 2.05) is 0 Å². The summed E-state index contributed by atoms with van der Waals surface area (Å²) in [5, 5.41) is 0. The van der Waals surface area contributed by atoms with Crippen molar-refractivity contribution in [2.75, 3.05) is 0 Å². The number of halogens is 4. The fourth-order valence-electron chi connectivity index (χ4n) is 1.11. The smallest absolute Gasteiger partial charge is 0.234 e. The molecule has 106 valence electrons. The molecule has 0 heterocycles. The SMILES string of the molecule is CC(C)(C)S(=O)N=Cc1ccc(Br)c(C(F)(F)F)c1. The highest BCUT2D eigenvalue weighted by atomic mass is 79.9. The van der Waals surface area contributed by atoms with Crippen LogP contribution in [0.1, 0.15) is 31.9 Å². The molecule has 0 aliphatic carbocycles. The van der Waals surface area contributed by atoms with Gasteiger partial charge in [0.05, 0.1) is 10.3 Å². The molecule has 0 spiro atoms. The third-order valence-electron chi connectivity index (χ3n) is 2.12. The maximum absolute atomic E-state index is 12.7. The summed E-state index contributed by atoms with van der Waals surface area (Å²) in [6.07, 6.45) is -3.24. The summed E-state index contributed by atoms with van der Waals surface area (Å²) in [5.41, 5.74) is -0.522. The lowest BCUT2D eigenvalue weighted by atomic mass is 10.1. The Hall–Kier alpha value is -0.690. The molecule has 0 aromatic heterocycles. The Labute approximate surface area is 120 Å². The molecule has 0 aliphatic heterocycles. The zero-order chi connectivity index (χ0) is 14.8. The topological polar surface area (TPSA) is 29.4 Å². The molecule has 0 amide bonds. The Morgan fingerprint density at radius 2 is 1.84 bits per heavy atom. The standard InChI is InChI=1S/C12H13BrF3NOS/c1-11(2,3)19(18)17-7-8-4-5-10(13)9(6-8)12(14,15)16/h4-7H,1-3H3. The van der Waals surface area contributed by atoms with Gasteiger partial charge in [0.1, 0.15) is 11.0 Å². The van der Waals surface area contributed by atoms with E-state index in [4.69, 9.17) is 0 Å². The van der Waals surface area contributed by atoms with Crippen molar-refractivity contribution in [3.8, 4) is 0 Å². The largest absolute Gasteiger partial charge is 0.417 e. The highest BCUT2D eigenvalue weighted by Crippen LogP contribution is 2.35. The summed E-state index contributed by atoms with van der Waals surface area (Å²) in [4.78, 5) is 0. The van der Waals surface area contributed by atoms with E-state index >= 15 is 0 Å². The maximum Gasteiger partial charge on any atom is 0.417 e. The Bertz CT molecular complexity index is 521. The minimum Gasteiger partial charge on any atom is -0.234 e. The van der Waals surface area contributed by atoms with E-state index in [1.54, 1.807) is 20.8 Å². The van der Waals surface area contributed by atoms with Crippen molar-refractivity contribution >= 4 is 33.1 Å². The second-order valence-corrected chi connectivity index (χ2v) is 7.62. The summed E-state index contributed by atoms with van der Waals surface area (Å²) in [7, 11) is -1.49. The highest BCUT2D eigenvalue weighted by molar-refractivity contribution is 9.10. The summed E-state index contributed by atoms with van der Waals surface area (Å²) in [6.45, 7) is 5.22. The van der Waals surface area contributed by atoms with E-state index in [1.165, 1.54) is 18.3 Å². The minimum atomic E-state index is -4.44. The average molecular weight is 356 g/mol. The summed E-state index contributed by atoms with van der Waals surface area (Å²) in [5.74, 6) is 0. The number of rotatable bonds is 2. The Kier molecular flexibility index (Phi) is 4.95. The molecule has 0 saturated heterocycles. The average Bonchev–Trinajstić information content (AvgIpc) is 2.24. The molecule has 19 heavy (non-hydrogen) atoms. The predicted molar refractivity (Wildman–Crippen MR) is 74.6 cm³/mol. The van der Waals surface area contributed by atoms with E-state index < -0.39 is 27.5 Å². The van der Waals surface area contributed by atoms with Gasteiger partial charge in [-0.3, -0.25) is 0 Å². The van der Waals surface area contributed by atoms with Crippen molar-refractivity contribution in [3.63, 3.8) is 0 Å². The first-order chi connectivity index (χ1) is 8.51. The third kappa shape index (κ3) is 4.72. The third-order valence-corrected chi connectivity index (χ3v) is 4.15. The normalized spacial score (nSPS) is 14.9. The molecule has 0 radical (unpaired) electrons. The maximum atomic E-state index is 12.7. The molecule has 1 unspecified atom stereocenters. The van der Waals surface area contributed by atoms with Crippen molar-refractivity contribution in [2.24, 2.45) is 4.40 Å². The van der Waals surface area contributed by atoms with Crippen molar-refractivity contribution < 1.29 is 17.4 Å². The Morgan fingerprint density at radius 1 is 1.26 bits per heavy atom. The zero-order valence-corrected chi connectivity index (χ0v) is 13.0. The van der Waals surface area contributed by atoms with Crippen molar-refractivity contribution in [2.45, 2.75) is 31.7 Å². The van der Waals surface area contributed by atoms with Gasteiger partial charge in [-0.1, -0.05) is 22.0 Å². The van der Waals surface area contributed by atoms with Crippen LogP contribution in [0.4, 0.5) is 13.2 Å². The van der Waals surface area contributed by atoms with Gasteiger partial charge in [-0.2, -0.15) is 17.6 Å². The monoisotopic (exact) mass is 355 g/mol. The van der Waals surface area contributed by atoms with Gasteiger partial charge in [-0.25, -0.2) is 4.21 Å². The van der Waals surface area contributed by atoms with Gasteiger partial charge in [0, 0.05) is 10.7 Å². The van der Waals surface area contributed by atoms with Crippen LogP contribution in [0.2, 0.25) is 0 Å². The number of alkyl halides is 3. The van der Waals surface area contributed by atoms with Crippen LogP contribution in [0, 0.1) is 0 Å². The summed E-state index contributed by atoms with van der Waals surface area (Å²) >= 11 is 2.85.